The number of hydrogen-bond donors (Lipinski definition) is 2. The number of carboxylic acids is 1. The van der Waals surface area contributed by atoms with E-state index in [1.54, 1.807) is 24.3 Å². The number of aryl methyl sites for hydroxylation is 1. The molecule has 132 valence electrons. The van der Waals surface area contributed by atoms with Gasteiger partial charge in [-0.05, 0) is 47.9 Å². The van der Waals surface area contributed by atoms with E-state index in [1.165, 1.54) is 25.3 Å². The van der Waals surface area contributed by atoms with Crippen LogP contribution in [-0.2, 0) is 21.2 Å². The molecule has 0 unspecified atom stereocenters. The van der Waals surface area contributed by atoms with Crippen LogP contribution >= 0.6 is 0 Å². The van der Waals surface area contributed by atoms with Crippen LogP contribution < -0.4 is 9.46 Å². The number of ether oxygens (including phenoxy) is 1. The van der Waals surface area contributed by atoms with Gasteiger partial charge in [0.2, 0.25) is 0 Å². The number of benzene rings is 2. The lowest BCUT2D eigenvalue weighted by molar-refractivity contribution is -0.131. The average Bonchev–Trinajstić information content (AvgIpc) is 2.59. The maximum absolute atomic E-state index is 12.7. The first-order valence-corrected chi connectivity index (χ1v) is 9.05. The van der Waals surface area contributed by atoms with Crippen LogP contribution in [0.2, 0.25) is 0 Å². The Bertz CT molecular complexity index is 903. The molecule has 0 heterocycles. The molecule has 0 atom stereocenters. The van der Waals surface area contributed by atoms with Gasteiger partial charge in [0, 0.05) is 11.8 Å². The van der Waals surface area contributed by atoms with Crippen molar-refractivity contribution in [2.75, 3.05) is 11.8 Å². The molecular formula is C18H19NO5S. The number of methoxy groups -OCH3 is 1. The largest absolute Gasteiger partial charge is 0.495 e. The minimum Gasteiger partial charge on any atom is -0.495 e. The molecule has 2 aromatic rings. The molecule has 7 heteroatoms. The van der Waals surface area contributed by atoms with Crippen molar-refractivity contribution in [3.63, 3.8) is 0 Å². The fourth-order valence-electron chi connectivity index (χ4n) is 2.24. The van der Waals surface area contributed by atoms with E-state index in [0.29, 0.717) is 11.3 Å². The maximum atomic E-state index is 12.7. The summed E-state index contributed by atoms with van der Waals surface area (Å²) in [4.78, 5) is 10.6. The van der Waals surface area contributed by atoms with E-state index in [0.717, 1.165) is 18.1 Å². The second-order valence-corrected chi connectivity index (χ2v) is 6.89. The van der Waals surface area contributed by atoms with Gasteiger partial charge in [-0.15, -0.1) is 0 Å². The number of anilines is 1. The lowest BCUT2D eigenvalue weighted by Crippen LogP contribution is -2.14. The second kappa shape index (κ2) is 7.85. The van der Waals surface area contributed by atoms with E-state index in [9.17, 15) is 13.2 Å². The SMILES string of the molecule is CCc1cccc(NS(=O)(=O)c2cc(C=CC(=O)O)ccc2OC)c1. The van der Waals surface area contributed by atoms with Gasteiger partial charge in [-0.3, -0.25) is 4.72 Å². The molecule has 0 saturated heterocycles. The molecule has 0 fully saturated rings. The third-order valence-corrected chi connectivity index (χ3v) is 4.89. The summed E-state index contributed by atoms with van der Waals surface area (Å²) < 4.78 is 33.1. The van der Waals surface area contributed by atoms with E-state index in [4.69, 9.17) is 9.84 Å². The summed E-state index contributed by atoms with van der Waals surface area (Å²) in [7, 11) is -2.52. The van der Waals surface area contributed by atoms with Gasteiger partial charge < -0.3 is 9.84 Å². The van der Waals surface area contributed by atoms with Gasteiger partial charge >= 0.3 is 5.97 Å². The molecule has 6 nitrogen and oxygen atoms in total. The van der Waals surface area contributed by atoms with Gasteiger partial charge in [-0.1, -0.05) is 25.1 Å². The molecule has 0 aromatic heterocycles. The van der Waals surface area contributed by atoms with Gasteiger partial charge in [-0.25, -0.2) is 13.2 Å². The first-order chi connectivity index (χ1) is 11.9. The molecule has 2 rings (SSSR count). The number of nitrogens with one attached hydrogen (secondary N) is 1. The van der Waals surface area contributed by atoms with E-state index < -0.39 is 16.0 Å². The van der Waals surface area contributed by atoms with Crippen LogP contribution in [0.5, 0.6) is 5.75 Å². The Hall–Kier alpha value is -2.80. The topological polar surface area (TPSA) is 92.7 Å². The fraction of sp³-hybridized carbons (Fsp3) is 0.167. The summed E-state index contributed by atoms with van der Waals surface area (Å²) in [6, 6.07) is 11.5. The van der Waals surface area contributed by atoms with E-state index in [1.807, 2.05) is 13.0 Å². The van der Waals surface area contributed by atoms with Crippen molar-refractivity contribution >= 4 is 27.8 Å². The minimum absolute atomic E-state index is 0.0653. The molecular weight excluding hydrogens is 342 g/mol. The predicted molar refractivity (Wildman–Crippen MR) is 96.3 cm³/mol. The quantitative estimate of drug-likeness (QED) is 0.739. The van der Waals surface area contributed by atoms with Crippen LogP contribution in [0.25, 0.3) is 6.08 Å². The minimum atomic E-state index is -3.90. The Kier molecular flexibility index (Phi) is 5.82. The van der Waals surface area contributed by atoms with E-state index in [2.05, 4.69) is 4.72 Å². The van der Waals surface area contributed by atoms with Crippen molar-refractivity contribution in [1.82, 2.24) is 0 Å². The standard InChI is InChI=1S/C18H19NO5S/c1-3-13-5-4-6-15(11-13)19-25(22,23)17-12-14(8-10-18(20)21)7-9-16(17)24-2/h4-12,19H,3H2,1-2H3,(H,20,21). The van der Waals surface area contributed by atoms with Crippen molar-refractivity contribution in [2.24, 2.45) is 0 Å². The summed E-state index contributed by atoms with van der Waals surface area (Å²) in [5, 5.41) is 8.71. The van der Waals surface area contributed by atoms with Gasteiger partial charge in [0.25, 0.3) is 10.0 Å². The van der Waals surface area contributed by atoms with Crippen LogP contribution in [0, 0.1) is 0 Å². The van der Waals surface area contributed by atoms with Gasteiger partial charge in [0.15, 0.2) is 0 Å². The lowest BCUT2D eigenvalue weighted by Gasteiger charge is -2.13. The summed E-state index contributed by atoms with van der Waals surface area (Å²) in [5.74, 6) is -0.943. The van der Waals surface area contributed by atoms with Crippen LogP contribution in [-0.4, -0.2) is 26.6 Å². The Labute approximate surface area is 146 Å². The molecule has 0 radical (unpaired) electrons. The summed E-state index contributed by atoms with van der Waals surface area (Å²) >= 11 is 0. The number of aliphatic carboxylic acids is 1. The van der Waals surface area contributed by atoms with Gasteiger partial charge in [0.05, 0.1) is 7.11 Å². The second-order valence-electron chi connectivity index (χ2n) is 5.24. The van der Waals surface area contributed by atoms with Crippen LogP contribution in [0.4, 0.5) is 5.69 Å². The number of carboxylic acid groups (broad SMARTS) is 1. The molecule has 0 aliphatic carbocycles. The maximum Gasteiger partial charge on any atom is 0.328 e. The highest BCUT2D eigenvalue weighted by Crippen LogP contribution is 2.27. The van der Waals surface area contributed by atoms with Crippen LogP contribution in [0.15, 0.2) is 53.4 Å². The highest BCUT2D eigenvalue weighted by Gasteiger charge is 2.20. The van der Waals surface area contributed by atoms with Crippen molar-refractivity contribution in [3.05, 3.63) is 59.7 Å². The summed E-state index contributed by atoms with van der Waals surface area (Å²) in [6.07, 6.45) is 3.04. The Balaban J connectivity index is 2.42. The first-order valence-electron chi connectivity index (χ1n) is 7.56. The van der Waals surface area contributed by atoms with Crippen molar-refractivity contribution in [3.8, 4) is 5.75 Å². The normalized spacial score (nSPS) is 11.4. The highest BCUT2D eigenvalue weighted by atomic mass is 32.2. The van der Waals surface area contributed by atoms with Gasteiger partial charge in [-0.2, -0.15) is 0 Å². The van der Waals surface area contributed by atoms with Crippen molar-refractivity contribution < 1.29 is 23.1 Å². The van der Waals surface area contributed by atoms with Gasteiger partial charge in [0.1, 0.15) is 10.6 Å². The average molecular weight is 361 g/mol. The predicted octanol–water partition coefficient (Wildman–Crippen LogP) is 3.16. The first kappa shape index (κ1) is 18.5. The summed E-state index contributed by atoms with van der Waals surface area (Å²) in [6.45, 7) is 1.98. The molecule has 0 bridgehead atoms. The molecule has 25 heavy (non-hydrogen) atoms. The van der Waals surface area contributed by atoms with E-state index >= 15 is 0 Å². The molecule has 0 saturated carbocycles. The number of rotatable bonds is 7. The zero-order valence-electron chi connectivity index (χ0n) is 13.9. The number of sulfonamides is 1. The van der Waals surface area contributed by atoms with Crippen LogP contribution in [0.3, 0.4) is 0 Å². The molecule has 2 aromatic carbocycles. The Morgan fingerprint density at radius 1 is 1.24 bits per heavy atom. The monoisotopic (exact) mass is 361 g/mol. The highest BCUT2D eigenvalue weighted by molar-refractivity contribution is 7.92. The molecule has 2 N–H and O–H groups in total. The lowest BCUT2D eigenvalue weighted by atomic mass is 10.1. The molecule has 0 aliphatic rings. The molecule has 0 spiro atoms. The summed E-state index contributed by atoms with van der Waals surface area (Å²) in [5.41, 5.74) is 1.89. The number of hydrogen-bond acceptors (Lipinski definition) is 4. The zero-order chi connectivity index (χ0) is 18.4. The number of carbonyl (C=O) groups is 1. The zero-order valence-corrected chi connectivity index (χ0v) is 14.7. The van der Waals surface area contributed by atoms with Crippen LogP contribution in [0.1, 0.15) is 18.1 Å². The molecule has 0 aliphatic heterocycles. The smallest absolute Gasteiger partial charge is 0.328 e. The Morgan fingerprint density at radius 2 is 2.00 bits per heavy atom. The Morgan fingerprint density at radius 3 is 2.64 bits per heavy atom. The van der Waals surface area contributed by atoms with E-state index in [-0.39, 0.29) is 10.6 Å². The third kappa shape index (κ3) is 4.84. The third-order valence-electron chi connectivity index (χ3n) is 3.48. The van der Waals surface area contributed by atoms with Crippen molar-refractivity contribution in [2.45, 2.75) is 18.2 Å². The molecule has 0 amide bonds. The fourth-order valence-corrected chi connectivity index (χ4v) is 3.49. The van der Waals surface area contributed by atoms with Crippen molar-refractivity contribution in [1.29, 1.82) is 0 Å².